The molecule has 1 heterocycles. The van der Waals surface area contributed by atoms with E-state index in [4.69, 9.17) is 16.3 Å². The van der Waals surface area contributed by atoms with Gasteiger partial charge in [-0.3, -0.25) is 0 Å². The maximum atomic E-state index is 11.4. The van der Waals surface area contributed by atoms with Gasteiger partial charge in [-0.2, -0.15) is 0 Å². The van der Waals surface area contributed by atoms with E-state index in [1.54, 1.807) is 18.4 Å². The molecule has 0 radical (unpaired) electrons. The molecular formula is C12H11ClN2O2S. The van der Waals surface area contributed by atoms with Crippen LogP contribution in [0.1, 0.15) is 17.4 Å². The Labute approximate surface area is 114 Å². The third-order valence-electron chi connectivity index (χ3n) is 2.10. The SMILES string of the molecule is CCOC(=O)c1csc(Nc2ccccc2Cl)n1. The van der Waals surface area contributed by atoms with Gasteiger partial charge < -0.3 is 10.1 Å². The lowest BCUT2D eigenvalue weighted by molar-refractivity contribution is 0.0520. The summed E-state index contributed by atoms with van der Waals surface area (Å²) in [6, 6.07) is 7.34. The fourth-order valence-corrected chi connectivity index (χ4v) is 2.18. The molecule has 4 nitrogen and oxygen atoms in total. The van der Waals surface area contributed by atoms with Gasteiger partial charge in [0.2, 0.25) is 0 Å². The molecule has 0 spiro atoms. The Bertz CT molecular complexity index is 557. The van der Waals surface area contributed by atoms with Crippen molar-refractivity contribution in [2.75, 3.05) is 11.9 Å². The van der Waals surface area contributed by atoms with Crippen molar-refractivity contribution in [3.05, 3.63) is 40.4 Å². The van der Waals surface area contributed by atoms with Crippen LogP contribution in [-0.2, 0) is 4.74 Å². The minimum Gasteiger partial charge on any atom is -0.461 e. The lowest BCUT2D eigenvalue weighted by atomic mass is 10.3. The third kappa shape index (κ3) is 3.00. The molecule has 0 saturated carbocycles. The number of nitrogens with one attached hydrogen (secondary N) is 1. The maximum absolute atomic E-state index is 11.4. The van der Waals surface area contributed by atoms with Crippen LogP contribution in [0.15, 0.2) is 29.6 Å². The summed E-state index contributed by atoms with van der Waals surface area (Å²) in [6.45, 7) is 2.09. The van der Waals surface area contributed by atoms with Crippen LogP contribution in [-0.4, -0.2) is 17.6 Å². The number of carbonyl (C=O) groups excluding carboxylic acids is 1. The second-order valence-electron chi connectivity index (χ2n) is 3.36. The van der Waals surface area contributed by atoms with Crippen molar-refractivity contribution >= 4 is 39.7 Å². The number of thiazole rings is 1. The van der Waals surface area contributed by atoms with Crippen molar-refractivity contribution in [3.8, 4) is 0 Å². The molecule has 1 aromatic heterocycles. The predicted octanol–water partition coefficient (Wildman–Crippen LogP) is 3.72. The van der Waals surface area contributed by atoms with Crippen LogP contribution in [0, 0.1) is 0 Å². The summed E-state index contributed by atoms with van der Waals surface area (Å²) in [4.78, 5) is 15.6. The highest BCUT2D eigenvalue weighted by molar-refractivity contribution is 7.14. The fourth-order valence-electron chi connectivity index (χ4n) is 1.31. The summed E-state index contributed by atoms with van der Waals surface area (Å²) in [7, 11) is 0. The van der Waals surface area contributed by atoms with Crippen LogP contribution in [0.4, 0.5) is 10.8 Å². The van der Waals surface area contributed by atoms with Crippen LogP contribution in [0.25, 0.3) is 0 Å². The number of para-hydroxylation sites is 1. The molecule has 2 aromatic rings. The monoisotopic (exact) mass is 282 g/mol. The van der Waals surface area contributed by atoms with Crippen molar-refractivity contribution in [2.45, 2.75) is 6.92 Å². The van der Waals surface area contributed by atoms with Crippen molar-refractivity contribution in [2.24, 2.45) is 0 Å². The molecule has 0 aliphatic carbocycles. The van der Waals surface area contributed by atoms with Crippen molar-refractivity contribution in [1.29, 1.82) is 0 Å². The first-order valence-electron chi connectivity index (χ1n) is 5.35. The summed E-state index contributed by atoms with van der Waals surface area (Å²) in [5.74, 6) is -0.416. The molecule has 0 fully saturated rings. The molecule has 94 valence electrons. The van der Waals surface area contributed by atoms with Gasteiger partial charge in [0, 0.05) is 5.38 Å². The smallest absolute Gasteiger partial charge is 0.357 e. The van der Waals surface area contributed by atoms with E-state index in [-0.39, 0.29) is 0 Å². The van der Waals surface area contributed by atoms with Crippen molar-refractivity contribution in [1.82, 2.24) is 4.98 Å². The summed E-state index contributed by atoms with van der Waals surface area (Å²) < 4.78 is 4.87. The first kappa shape index (κ1) is 12.9. The summed E-state index contributed by atoms with van der Waals surface area (Å²) >= 11 is 7.34. The van der Waals surface area contributed by atoms with Gasteiger partial charge in [-0.05, 0) is 19.1 Å². The molecule has 1 aromatic carbocycles. The van der Waals surface area contributed by atoms with Gasteiger partial charge in [-0.15, -0.1) is 11.3 Å². The zero-order chi connectivity index (χ0) is 13.0. The molecule has 0 unspecified atom stereocenters. The number of rotatable bonds is 4. The zero-order valence-electron chi connectivity index (χ0n) is 9.64. The van der Waals surface area contributed by atoms with Gasteiger partial charge in [0.05, 0.1) is 17.3 Å². The van der Waals surface area contributed by atoms with E-state index in [1.807, 2.05) is 18.2 Å². The van der Waals surface area contributed by atoms with Crippen LogP contribution in [0.5, 0.6) is 0 Å². The first-order chi connectivity index (χ1) is 8.70. The van der Waals surface area contributed by atoms with E-state index in [1.165, 1.54) is 11.3 Å². The molecule has 18 heavy (non-hydrogen) atoms. The number of benzene rings is 1. The average molecular weight is 283 g/mol. The predicted molar refractivity (Wildman–Crippen MR) is 72.8 cm³/mol. The Hall–Kier alpha value is -1.59. The Balaban J connectivity index is 2.12. The minimum absolute atomic E-state index is 0.302. The Morgan fingerprint density at radius 1 is 1.50 bits per heavy atom. The summed E-state index contributed by atoms with van der Waals surface area (Å²) in [6.07, 6.45) is 0. The number of anilines is 2. The Kier molecular flexibility index (Phi) is 4.17. The molecule has 0 aliphatic heterocycles. The number of halogens is 1. The highest BCUT2D eigenvalue weighted by Crippen LogP contribution is 2.26. The highest BCUT2D eigenvalue weighted by atomic mass is 35.5. The molecular weight excluding hydrogens is 272 g/mol. The topological polar surface area (TPSA) is 51.2 Å². The van der Waals surface area contributed by atoms with Gasteiger partial charge >= 0.3 is 5.97 Å². The number of hydrogen-bond acceptors (Lipinski definition) is 5. The van der Waals surface area contributed by atoms with E-state index < -0.39 is 5.97 Å². The lowest BCUT2D eigenvalue weighted by Gasteiger charge is -2.03. The van der Waals surface area contributed by atoms with Crippen LogP contribution in [0.2, 0.25) is 5.02 Å². The highest BCUT2D eigenvalue weighted by Gasteiger charge is 2.11. The molecule has 6 heteroatoms. The van der Waals surface area contributed by atoms with E-state index in [2.05, 4.69) is 10.3 Å². The second kappa shape index (κ2) is 5.84. The molecule has 0 saturated heterocycles. The van der Waals surface area contributed by atoms with Gasteiger partial charge in [0.25, 0.3) is 0 Å². The van der Waals surface area contributed by atoms with Crippen LogP contribution >= 0.6 is 22.9 Å². The molecule has 0 atom stereocenters. The number of ether oxygens (including phenoxy) is 1. The summed E-state index contributed by atoms with van der Waals surface area (Å²) in [5, 5.41) is 5.91. The van der Waals surface area contributed by atoms with Crippen molar-refractivity contribution in [3.63, 3.8) is 0 Å². The lowest BCUT2D eigenvalue weighted by Crippen LogP contribution is -2.05. The average Bonchev–Trinajstić information content (AvgIpc) is 2.81. The van der Waals surface area contributed by atoms with E-state index in [9.17, 15) is 4.79 Å². The number of esters is 1. The molecule has 0 bridgehead atoms. The van der Waals surface area contributed by atoms with Gasteiger partial charge in [0.15, 0.2) is 10.8 Å². The van der Waals surface area contributed by atoms with Gasteiger partial charge in [0.1, 0.15) is 0 Å². The van der Waals surface area contributed by atoms with E-state index >= 15 is 0 Å². The van der Waals surface area contributed by atoms with E-state index in [0.717, 1.165) is 5.69 Å². The van der Waals surface area contributed by atoms with Crippen LogP contribution in [0.3, 0.4) is 0 Å². The summed E-state index contributed by atoms with van der Waals surface area (Å²) in [5.41, 5.74) is 1.06. The van der Waals surface area contributed by atoms with Gasteiger partial charge in [-0.1, -0.05) is 23.7 Å². The molecule has 1 N–H and O–H groups in total. The zero-order valence-corrected chi connectivity index (χ0v) is 11.2. The minimum atomic E-state index is -0.416. The quantitative estimate of drug-likeness (QED) is 0.869. The second-order valence-corrected chi connectivity index (χ2v) is 4.63. The standard InChI is InChI=1S/C12H11ClN2O2S/c1-2-17-11(16)10-7-18-12(15-10)14-9-6-4-3-5-8(9)13/h3-7H,2H2,1H3,(H,14,15). The number of hydrogen-bond donors (Lipinski definition) is 1. The molecule has 2 rings (SSSR count). The van der Waals surface area contributed by atoms with Crippen LogP contribution < -0.4 is 5.32 Å². The first-order valence-corrected chi connectivity index (χ1v) is 6.60. The number of nitrogens with zero attached hydrogens (tertiary/aromatic N) is 1. The Morgan fingerprint density at radius 3 is 3.00 bits per heavy atom. The van der Waals surface area contributed by atoms with E-state index in [0.29, 0.717) is 22.5 Å². The Morgan fingerprint density at radius 2 is 2.28 bits per heavy atom. The molecule has 0 aliphatic rings. The number of aromatic nitrogens is 1. The molecule has 0 amide bonds. The fraction of sp³-hybridized carbons (Fsp3) is 0.167. The van der Waals surface area contributed by atoms with Gasteiger partial charge in [-0.25, -0.2) is 9.78 Å². The number of carbonyl (C=O) groups is 1. The maximum Gasteiger partial charge on any atom is 0.357 e. The normalized spacial score (nSPS) is 10.1. The third-order valence-corrected chi connectivity index (χ3v) is 3.19. The van der Waals surface area contributed by atoms with Crippen molar-refractivity contribution < 1.29 is 9.53 Å². The largest absolute Gasteiger partial charge is 0.461 e.